The maximum Gasteiger partial charge on any atom is 0.315 e. The summed E-state index contributed by atoms with van der Waals surface area (Å²) in [5.41, 5.74) is 1.15. The number of amides is 2. The number of nitrogens with one attached hydrogen (secondary N) is 2. The van der Waals surface area contributed by atoms with Crippen molar-refractivity contribution in [1.29, 1.82) is 0 Å². The van der Waals surface area contributed by atoms with Gasteiger partial charge in [0.05, 0.1) is 6.54 Å². The molecule has 0 saturated carbocycles. The van der Waals surface area contributed by atoms with Gasteiger partial charge in [-0.1, -0.05) is 39.3 Å². The molecule has 0 saturated heterocycles. The molecule has 1 aromatic carbocycles. The Bertz CT molecular complexity index is 585. The van der Waals surface area contributed by atoms with E-state index in [1.807, 2.05) is 24.3 Å². The Hall–Kier alpha value is -1.89. The topological polar surface area (TPSA) is 80.0 Å². The van der Waals surface area contributed by atoms with Crippen LogP contribution < -0.4 is 10.6 Å². The van der Waals surface area contributed by atoms with Crippen molar-refractivity contribution in [2.45, 2.75) is 19.9 Å². The van der Waals surface area contributed by atoms with Crippen LogP contribution in [0.4, 0.5) is 4.79 Å². The lowest BCUT2D eigenvalue weighted by molar-refractivity contribution is 0.240. The standard InChI is InChI=1S/C13H15BrN4O2/c1-9-17-12(18-20-9)8-16-13(19)15-7-6-10-4-2-3-5-11(10)14/h2-5H,6-8H2,1H3,(H2,15,16,19). The molecule has 0 unspecified atom stereocenters. The first kappa shape index (κ1) is 14.5. The predicted molar refractivity (Wildman–Crippen MR) is 77.1 cm³/mol. The molecule has 0 aliphatic heterocycles. The number of hydrogen-bond donors (Lipinski definition) is 2. The molecule has 0 aliphatic carbocycles. The summed E-state index contributed by atoms with van der Waals surface area (Å²) in [6, 6.07) is 7.68. The van der Waals surface area contributed by atoms with Gasteiger partial charge in [-0.25, -0.2) is 4.79 Å². The van der Waals surface area contributed by atoms with Crippen LogP contribution in [0.2, 0.25) is 0 Å². The monoisotopic (exact) mass is 338 g/mol. The number of aromatic nitrogens is 2. The van der Waals surface area contributed by atoms with Crippen molar-refractivity contribution in [3.63, 3.8) is 0 Å². The van der Waals surface area contributed by atoms with Crippen LogP contribution in [-0.4, -0.2) is 22.7 Å². The largest absolute Gasteiger partial charge is 0.340 e. The number of hydrogen-bond acceptors (Lipinski definition) is 4. The third-order valence-electron chi connectivity index (χ3n) is 2.61. The van der Waals surface area contributed by atoms with Gasteiger partial charge in [-0.15, -0.1) is 0 Å². The lowest BCUT2D eigenvalue weighted by Crippen LogP contribution is -2.36. The van der Waals surface area contributed by atoms with E-state index in [0.29, 0.717) is 18.3 Å². The van der Waals surface area contributed by atoms with Crippen molar-refractivity contribution in [2.75, 3.05) is 6.54 Å². The molecule has 6 nitrogen and oxygen atoms in total. The van der Waals surface area contributed by atoms with E-state index in [-0.39, 0.29) is 12.6 Å². The van der Waals surface area contributed by atoms with E-state index < -0.39 is 0 Å². The van der Waals surface area contributed by atoms with Crippen molar-refractivity contribution in [3.05, 3.63) is 46.0 Å². The fourth-order valence-corrected chi connectivity index (χ4v) is 2.13. The molecule has 20 heavy (non-hydrogen) atoms. The zero-order valence-corrected chi connectivity index (χ0v) is 12.6. The first-order valence-corrected chi connectivity index (χ1v) is 6.99. The van der Waals surface area contributed by atoms with Crippen molar-refractivity contribution in [1.82, 2.24) is 20.8 Å². The molecule has 0 fully saturated rings. The summed E-state index contributed by atoms with van der Waals surface area (Å²) in [6.45, 7) is 2.51. The van der Waals surface area contributed by atoms with Crippen LogP contribution in [0.5, 0.6) is 0 Å². The van der Waals surface area contributed by atoms with Gasteiger partial charge in [0.1, 0.15) is 0 Å². The quantitative estimate of drug-likeness (QED) is 0.875. The number of carbonyl (C=O) groups excluding carboxylic acids is 1. The van der Waals surface area contributed by atoms with Crippen LogP contribution >= 0.6 is 15.9 Å². The molecule has 1 aromatic heterocycles. The van der Waals surface area contributed by atoms with Gasteiger partial charge in [0, 0.05) is 17.9 Å². The van der Waals surface area contributed by atoms with E-state index >= 15 is 0 Å². The van der Waals surface area contributed by atoms with Gasteiger partial charge in [-0.05, 0) is 18.1 Å². The normalized spacial score (nSPS) is 10.3. The van der Waals surface area contributed by atoms with E-state index in [0.717, 1.165) is 16.5 Å². The second-order valence-corrected chi connectivity index (χ2v) is 5.03. The fourth-order valence-electron chi connectivity index (χ4n) is 1.65. The van der Waals surface area contributed by atoms with Gasteiger partial charge in [0.2, 0.25) is 5.89 Å². The first-order chi connectivity index (χ1) is 9.65. The number of aryl methyl sites for hydroxylation is 1. The molecule has 0 spiro atoms. The molecule has 106 valence electrons. The second kappa shape index (κ2) is 7.04. The minimum absolute atomic E-state index is 0.248. The maximum atomic E-state index is 11.6. The van der Waals surface area contributed by atoms with E-state index in [9.17, 15) is 4.79 Å². The van der Waals surface area contributed by atoms with E-state index in [1.54, 1.807) is 6.92 Å². The van der Waals surface area contributed by atoms with E-state index in [1.165, 1.54) is 0 Å². The van der Waals surface area contributed by atoms with Crippen molar-refractivity contribution >= 4 is 22.0 Å². The van der Waals surface area contributed by atoms with Gasteiger partial charge >= 0.3 is 6.03 Å². The molecule has 1 heterocycles. The highest BCUT2D eigenvalue weighted by molar-refractivity contribution is 9.10. The number of urea groups is 1. The Morgan fingerprint density at radius 1 is 1.35 bits per heavy atom. The predicted octanol–water partition coefficient (Wildman–Crippen LogP) is 2.18. The lowest BCUT2D eigenvalue weighted by Gasteiger charge is -2.07. The number of carbonyl (C=O) groups is 1. The molecule has 2 rings (SSSR count). The minimum Gasteiger partial charge on any atom is -0.340 e. The third kappa shape index (κ3) is 4.34. The third-order valence-corrected chi connectivity index (χ3v) is 3.39. The Balaban J connectivity index is 1.69. The molecule has 0 radical (unpaired) electrons. The molecular weight excluding hydrogens is 324 g/mol. The summed E-state index contributed by atoms with van der Waals surface area (Å²) in [4.78, 5) is 15.6. The van der Waals surface area contributed by atoms with Gasteiger partial charge in [-0.2, -0.15) is 4.98 Å². The van der Waals surface area contributed by atoms with Crippen LogP contribution in [0.15, 0.2) is 33.3 Å². The highest BCUT2D eigenvalue weighted by Crippen LogP contribution is 2.15. The molecular formula is C13H15BrN4O2. The zero-order valence-electron chi connectivity index (χ0n) is 11.0. The van der Waals surface area contributed by atoms with Crippen molar-refractivity contribution in [2.24, 2.45) is 0 Å². The summed E-state index contributed by atoms with van der Waals surface area (Å²) in [5, 5.41) is 9.14. The maximum absolute atomic E-state index is 11.6. The van der Waals surface area contributed by atoms with Gasteiger partial charge in [-0.3, -0.25) is 0 Å². The fraction of sp³-hybridized carbons (Fsp3) is 0.308. The van der Waals surface area contributed by atoms with Crippen LogP contribution in [0, 0.1) is 6.92 Å². The Morgan fingerprint density at radius 2 is 2.15 bits per heavy atom. The van der Waals surface area contributed by atoms with E-state index in [2.05, 4.69) is 36.7 Å². The van der Waals surface area contributed by atoms with Gasteiger partial charge in [0.25, 0.3) is 0 Å². The number of nitrogens with zero attached hydrogens (tertiary/aromatic N) is 2. The molecule has 0 bridgehead atoms. The van der Waals surface area contributed by atoms with E-state index in [4.69, 9.17) is 4.52 Å². The highest BCUT2D eigenvalue weighted by atomic mass is 79.9. The van der Waals surface area contributed by atoms with Gasteiger partial charge in [0.15, 0.2) is 5.82 Å². The molecule has 0 aliphatic rings. The number of halogens is 1. The Kier molecular flexibility index (Phi) is 5.11. The SMILES string of the molecule is Cc1nc(CNC(=O)NCCc2ccccc2Br)no1. The van der Waals surface area contributed by atoms with Gasteiger partial charge < -0.3 is 15.2 Å². The number of rotatable bonds is 5. The van der Waals surface area contributed by atoms with Crippen molar-refractivity contribution in [3.8, 4) is 0 Å². The average molecular weight is 339 g/mol. The molecule has 2 aromatic rings. The van der Waals surface area contributed by atoms with Crippen LogP contribution in [-0.2, 0) is 13.0 Å². The molecule has 2 amide bonds. The van der Waals surface area contributed by atoms with Crippen LogP contribution in [0.3, 0.4) is 0 Å². The second-order valence-electron chi connectivity index (χ2n) is 4.18. The molecule has 7 heteroatoms. The summed E-state index contributed by atoms with van der Waals surface area (Å²) < 4.78 is 5.86. The smallest absolute Gasteiger partial charge is 0.315 e. The summed E-state index contributed by atoms with van der Waals surface area (Å²) in [6.07, 6.45) is 0.760. The molecule has 0 atom stereocenters. The summed E-state index contributed by atoms with van der Waals surface area (Å²) in [5.74, 6) is 0.944. The van der Waals surface area contributed by atoms with Crippen LogP contribution in [0.25, 0.3) is 0 Å². The first-order valence-electron chi connectivity index (χ1n) is 6.19. The summed E-state index contributed by atoms with van der Waals surface area (Å²) >= 11 is 3.47. The Labute approximate surface area is 125 Å². The average Bonchev–Trinajstić information content (AvgIpc) is 2.84. The number of benzene rings is 1. The van der Waals surface area contributed by atoms with Crippen molar-refractivity contribution < 1.29 is 9.32 Å². The zero-order chi connectivity index (χ0) is 14.4. The highest BCUT2D eigenvalue weighted by Gasteiger charge is 2.05. The molecule has 2 N–H and O–H groups in total. The minimum atomic E-state index is -0.250. The Morgan fingerprint density at radius 3 is 2.85 bits per heavy atom. The van der Waals surface area contributed by atoms with Crippen LogP contribution in [0.1, 0.15) is 17.3 Å². The lowest BCUT2D eigenvalue weighted by atomic mass is 10.1. The summed E-state index contributed by atoms with van der Waals surface area (Å²) in [7, 11) is 0.